The molecular formula is C16H24ClNO2. The Hall–Kier alpha value is -1.22. The lowest BCUT2D eigenvalue weighted by Gasteiger charge is -2.27. The summed E-state index contributed by atoms with van der Waals surface area (Å²) in [6, 6.07) is 5.93. The zero-order chi connectivity index (χ0) is 15.1. The summed E-state index contributed by atoms with van der Waals surface area (Å²) in [5, 5.41) is 9.82. The number of hydrogen-bond donors (Lipinski definition) is 1. The van der Waals surface area contributed by atoms with E-state index in [1.54, 1.807) is 6.92 Å². The van der Waals surface area contributed by atoms with E-state index >= 15 is 0 Å². The highest BCUT2D eigenvalue weighted by molar-refractivity contribution is 6.31. The molecule has 1 N–H and O–H groups in total. The highest BCUT2D eigenvalue weighted by Crippen LogP contribution is 2.24. The van der Waals surface area contributed by atoms with Gasteiger partial charge in [-0.15, -0.1) is 0 Å². The van der Waals surface area contributed by atoms with Crippen molar-refractivity contribution in [2.75, 3.05) is 18.0 Å². The largest absolute Gasteiger partial charge is 0.481 e. The maximum Gasteiger partial charge on any atom is 0.308 e. The van der Waals surface area contributed by atoms with Crippen molar-refractivity contribution in [3.8, 4) is 0 Å². The third-order valence-electron chi connectivity index (χ3n) is 3.47. The number of carboxylic acids is 1. The number of halogens is 1. The molecule has 0 fully saturated rings. The molecule has 0 amide bonds. The van der Waals surface area contributed by atoms with Gasteiger partial charge in [0.25, 0.3) is 0 Å². The number of carbonyl (C=O) groups is 1. The van der Waals surface area contributed by atoms with E-state index in [1.165, 1.54) is 0 Å². The van der Waals surface area contributed by atoms with Gasteiger partial charge in [0.2, 0.25) is 0 Å². The maximum atomic E-state index is 11.1. The Morgan fingerprint density at radius 3 is 2.65 bits per heavy atom. The topological polar surface area (TPSA) is 40.5 Å². The third-order valence-corrected chi connectivity index (χ3v) is 3.88. The van der Waals surface area contributed by atoms with Crippen molar-refractivity contribution in [1.82, 2.24) is 0 Å². The fraction of sp³-hybridized carbons (Fsp3) is 0.562. The summed E-state index contributed by atoms with van der Waals surface area (Å²) in [6.45, 7) is 7.24. The van der Waals surface area contributed by atoms with E-state index in [-0.39, 0.29) is 0 Å². The minimum atomic E-state index is -0.760. The number of hydrogen-bond acceptors (Lipinski definition) is 2. The molecule has 20 heavy (non-hydrogen) atoms. The number of anilines is 1. The van der Waals surface area contributed by atoms with Crippen molar-refractivity contribution in [2.45, 2.75) is 40.0 Å². The molecule has 1 atom stereocenters. The third kappa shape index (κ3) is 5.04. The van der Waals surface area contributed by atoms with Crippen LogP contribution in [-0.2, 0) is 4.79 Å². The smallest absolute Gasteiger partial charge is 0.308 e. The van der Waals surface area contributed by atoms with Crippen LogP contribution in [0.25, 0.3) is 0 Å². The number of aryl methyl sites for hydroxylation is 1. The second kappa shape index (κ2) is 8.15. The first-order valence-electron chi connectivity index (χ1n) is 7.19. The van der Waals surface area contributed by atoms with Crippen LogP contribution in [0.5, 0.6) is 0 Å². The minimum Gasteiger partial charge on any atom is -0.481 e. The average molecular weight is 298 g/mol. The van der Waals surface area contributed by atoms with Gasteiger partial charge in [-0.3, -0.25) is 4.79 Å². The molecule has 1 rings (SSSR count). The number of nitrogens with zero attached hydrogens (tertiary/aromatic N) is 1. The van der Waals surface area contributed by atoms with E-state index in [9.17, 15) is 4.79 Å². The Kier molecular flexibility index (Phi) is 6.86. The van der Waals surface area contributed by atoms with Gasteiger partial charge in [-0.1, -0.05) is 44.4 Å². The van der Waals surface area contributed by atoms with E-state index in [4.69, 9.17) is 16.7 Å². The number of unbranched alkanes of at least 4 members (excludes halogenated alkanes) is 2. The maximum absolute atomic E-state index is 11.1. The zero-order valence-corrected chi connectivity index (χ0v) is 13.3. The van der Waals surface area contributed by atoms with Crippen LogP contribution in [0.15, 0.2) is 18.2 Å². The second-order valence-corrected chi connectivity index (χ2v) is 5.73. The zero-order valence-electron chi connectivity index (χ0n) is 12.5. The molecule has 0 heterocycles. The number of benzene rings is 1. The number of rotatable bonds is 8. The molecule has 1 unspecified atom stereocenters. The molecule has 1 aromatic carbocycles. The van der Waals surface area contributed by atoms with Gasteiger partial charge in [-0.05, 0) is 31.0 Å². The van der Waals surface area contributed by atoms with Gasteiger partial charge in [0.05, 0.1) is 5.92 Å². The van der Waals surface area contributed by atoms with Crippen LogP contribution >= 0.6 is 11.6 Å². The molecule has 3 nitrogen and oxygen atoms in total. The lowest BCUT2D eigenvalue weighted by molar-refractivity contribution is -0.140. The van der Waals surface area contributed by atoms with Crippen molar-refractivity contribution in [3.63, 3.8) is 0 Å². The van der Waals surface area contributed by atoms with Crippen LogP contribution in [0, 0.1) is 12.8 Å². The predicted octanol–water partition coefficient (Wildman–Crippen LogP) is 4.37. The first kappa shape index (κ1) is 16.8. The molecule has 1 aromatic rings. The van der Waals surface area contributed by atoms with Crippen LogP contribution < -0.4 is 4.90 Å². The van der Waals surface area contributed by atoms with E-state index in [0.717, 1.165) is 42.1 Å². The number of aliphatic carboxylic acids is 1. The Labute approximate surface area is 126 Å². The molecule has 4 heteroatoms. The molecule has 0 saturated heterocycles. The van der Waals surface area contributed by atoms with Gasteiger partial charge in [0.15, 0.2) is 0 Å². The van der Waals surface area contributed by atoms with E-state index in [2.05, 4.69) is 11.8 Å². The molecule has 0 aliphatic carbocycles. The van der Waals surface area contributed by atoms with Crippen molar-refractivity contribution in [3.05, 3.63) is 28.8 Å². The monoisotopic (exact) mass is 297 g/mol. The summed E-state index contributed by atoms with van der Waals surface area (Å²) in [4.78, 5) is 13.2. The average Bonchev–Trinajstić information content (AvgIpc) is 2.40. The summed E-state index contributed by atoms with van der Waals surface area (Å²) in [5.74, 6) is -1.15. The predicted molar refractivity (Wildman–Crippen MR) is 84.7 cm³/mol. The SMILES string of the molecule is CCCCCN(CC(C)C(=O)O)c1ccc(C)c(Cl)c1. The van der Waals surface area contributed by atoms with Crippen LogP contribution in [0.1, 0.15) is 38.7 Å². The molecule has 0 bridgehead atoms. The van der Waals surface area contributed by atoms with Gasteiger partial charge in [0.1, 0.15) is 0 Å². The molecule has 0 saturated carbocycles. The molecule has 0 aliphatic rings. The van der Waals surface area contributed by atoms with E-state index < -0.39 is 11.9 Å². The molecular weight excluding hydrogens is 274 g/mol. The molecule has 0 aromatic heterocycles. The van der Waals surface area contributed by atoms with Gasteiger partial charge >= 0.3 is 5.97 Å². The Bertz CT molecular complexity index is 448. The van der Waals surface area contributed by atoms with Crippen molar-refractivity contribution in [1.29, 1.82) is 0 Å². The van der Waals surface area contributed by atoms with Crippen LogP contribution in [-0.4, -0.2) is 24.2 Å². The summed E-state index contributed by atoms with van der Waals surface area (Å²) < 4.78 is 0. The van der Waals surface area contributed by atoms with Gasteiger partial charge < -0.3 is 10.0 Å². The Balaban J connectivity index is 2.84. The standard InChI is InChI=1S/C16H24ClNO2/c1-4-5-6-9-18(11-13(3)16(19)20)14-8-7-12(2)15(17)10-14/h7-8,10,13H,4-6,9,11H2,1-3H3,(H,19,20). The normalized spacial score (nSPS) is 12.2. The van der Waals surface area contributed by atoms with Crippen LogP contribution in [0.3, 0.4) is 0 Å². The lowest BCUT2D eigenvalue weighted by atomic mass is 10.1. The lowest BCUT2D eigenvalue weighted by Crippen LogP contribution is -2.32. The highest BCUT2D eigenvalue weighted by Gasteiger charge is 2.17. The highest BCUT2D eigenvalue weighted by atomic mass is 35.5. The minimum absolute atomic E-state index is 0.392. The quantitative estimate of drug-likeness (QED) is 0.725. The second-order valence-electron chi connectivity index (χ2n) is 5.33. The Morgan fingerprint density at radius 2 is 2.10 bits per heavy atom. The van der Waals surface area contributed by atoms with Crippen molar-refractivity contribution in [2.24, 2.45) is 5.92 Å². The van der Waals surface area contributed by atoms with E-state index in [1.807, 2.05) is 25.1 Å². The summed E-state index contributed by atoms with van der Waals surface area (Å²) in [5.41, 5.74) is 2.04. The van der Waals surface area contributed by atoms with Gasteiger partial charge in [-0.25, -0.2) is 0 Å². The summed E-state index contributed by atoms with van der Waals surface area (Å²) in [7, 11) is 0. The molecule has 0 spiro atoms. The summed E-state index contributed by atoms with van der Waals surface area (Å²) in [6.07, 6.45) is 3.36. The van der Waals surface area contributed by atoms with Crippen molar-refractivity contribution >= 4 is 23.3 Å². The number of carboxylic acid groups (broad SMARTS) is 1. The van der Waals surface area contributed by atoms with Crippen LogP contribution in [0.2, 0.25) is 5.02 Å². The Morgan fingerprint density at radius 1 is 1.40 bits per heavy atom. The fourth-order valence-electron chi connectivity index (χ4n) is 2.07. The molecule has 0 aliphatic heterocycles. The van der Waals surface area contributed by atoms with E-state index in [0.29, 0.717) is 6.54 Å². The molecule has 112 valence electrons. The summed E-state index contributed by atoms with van der Waals surface area (Å²) >= 11 is 6.18. The fourth-order valence-corrected chi connectivity index (χ4v) is 2.24. The van der Waals surface area contributed by atoms with Crippen LogP contribution in [0.4, 0.5) is 5.69 Å². The first-order chi connectivity index (χ1) is 9.45. The first-order valence-corrected chi connectivity index (χ1v) is 7.57. The van der Waals surface area contributed by atoms with Crippen molar-refractivity contribution < 1.29 is 9.90 Å². The van der Waals surface area contributed by atoms with Gasteiger partial charge in [-0.2, -0.15) is 0 Å². The van der Waals surface area contributed by atoms with Gasteiger partial charge in [0, 0.05) is 23.8 Å². The molecule has 0 radical (unpaired) electrons.